The fourth-order valence-corrected chi connectivity index (χ4v) is 2.92. The van der Waals surface area contributed by atoms with Gasteiger partial charge < -0.3 is 10.2 Å². The molecule has 1 fully saturated rings. The number of hydrogen-bond acceptors (Lipinski definition) is 3. The Kier molecular flexibility index (Phi) is 5.82. The zero-order valence-electron chi connectivity index (χ0n) is 13.4. The van der Waals surface area contributed by atoms with Crippen LogP contribution in [0.4, 0.5) is 0 Å². The third-order valence-corrected chi connectivity index (χ3v) is 4.76. The van der Waals surface area contributed by atoms with Crippen molar-refractivity contribution >= 4 is 0 Å². The normalized spacial score (nSPS) is 21.9. The summed E-state index contributed by atoms with van der Waals surface area (Å²) >= 11 is 0. The summed E-state index contributed by atoms with van der Waals surface area (Å²) in [7, 11) is 1.87. The molecule has 1 N–H and O–H groups in total. The summed E-state index contributed by atoms with van der Waals surface area (Å²) in [6.07, 6.45) is 4.68. The maximum Gasteiger partial charge on any atom is 0.103 e. The second-order valence-corrected chi connectivity index (χ2v) is 7.28. The Morgan fingerprint density at radius 1 is 1.21 bits per heavy atom. The average Bonchev–Trinajstić information content (AvgIpc) is 2.38. The lowest BCUT2D eigenvalue weighted by Crippen LogP contribution is -2.41. The molecule has 110 valence electrons. The number of likely N-dealkylation sites (tertiary alicyclic amines) is 1. The summed E-state index contributed by atoms with van der Waals surface area (Å²) < 4.78 is 0. The first-order valence-electron chi connectivity index (χ1n) is 7.63. The highest BCUT2D eigenvalue weighted by molar-refractivity contribution is 5.02. The van der Waals surface area contributed by atoms with E-state index in [0.717, 1.165) is 25.3 Å². The van der Waals surface area contributed by atoms with Gasteiger partial charge in [-0.05, 0) is 70.6 Å². The van der Waals surface area contributed by atoms with Crippen molar-refractivity contribution in [1.29, 1.82) is 5.26 Å². The molecule has 1 saturated heterocycles. The molecule has 0 aromatic carbocycles. The molecule has 0 aromatic heterocycles. The summed E-state index contributed by atoms with van der Waals surface area (Å²) in [5, 5.41) is 12.2. The zero-order valence-corrected chi connectivity index (χ0v) is 13.4. The molecule has 0 bridgehead atoms. The third kappa shape index (κ3) is 5.12. The zero-order chi connectivity index (χ0) is 14.5. The van der Waals surface area contributed by atoms with Crippen molar-refractivity contribution in [3.05, 3.63) is 0 Å². The minimum Gasteiger partial charge on any atom is -0.303 e. The fraction of sp³-hybridized carbons (Fsp3) is 0.938. The smallest absolute Gasteiger partial charge is 0.103 e. The average molecular weight is 265 g/mol. The molecule has 3 heteroatoms. The molecule has 0 spiro atoms. The summed E-state index contributed by atoms with van der Waals surface area (Å²) in [5.74, 6) is 0.866. The Hall–Kier alpha value is -0.590. The highest BCUT2D eigenvalue weighted by Crippen LogP contribution is 2.34. The monoisotopic (exact) mass is 265 g/mol. The molecule has 1 aliphatic heterocycles. The maximum absolute atomic E-state index is 9.12. The standard InChI is InChI=1S/C16H31N3/c1-15(2,3)14-7-11-19(12-8-14)10-6-9-16(4,13-17)18-5/h14,18H,6-12H2,1-5H3. The largest absolute Gasteiger partial charge is 0.303 e. The Morgan fingerprint density at radius 3 is 2.21 bits per heavy atom. The first-order valence-corrected chi connectivity index (χ1v) is 7.63. The van der Waals surface area contributed by atoms with E-state index in [1.54, 1.807) is 0 Å². The maximum atomic E-state index is 9.12. The van der Waals surface area contributed by atoms with Crippen LogP contribution in [0, 0.1) is 22.7 Å². The van der Waals surface area contributed by atoms with E-state index >= 15 is 0 Å². The second kappa shape index (κ2) is 6.72. The van der Waals surface area contributed by atoms with Crippen LogP contribution in [-0.4, -0.2) is 37.1 Å². The van der Waals surface area contributed by atoms with Crippen LogP contribution < -0.4 is 5.32 Å². The molecule has 0 amide bonds. The lowest BCUT2D eigenvalue weighted by Gasteiger charge is -2.39. The van der Waals surface area contributed by atoms with Gasteiger partial charge in [0, 0.05) is 0 Å². The van der Waals surface area contributed by atoms with Crippen molar-refractivity contribution < 1.29 is 0 Å². The van der Waals surface area contributed by atoms with E-state index in [4.69, 9.17) is 5.26 Å². The Bertz CT molecular complexity index is 305. The summed E-state index contributed by atoms with van der Waals surface area (Å²) in [6, 6.07) is 2.36. The summed E-state index contributed by atoms with van der Waals surface area (Å²) in [6.45, 7) is 12.7. The molecule has 1 aliphatic rings. The lowest BCUT2D eigenvalue weighted by molar-refractivity contribution is 0.110. The number of hydrogen-bond donors (Lipinski definition) is 1. The molecule has 3 nitrogen and oxygen atoms in total. The van der Waals surface area contributed by atoms with Crippen LogP contribution >= 0.6 is 0 Å². The minimum atomic E-state index is -0.357. The minimum absolute atomic E-state index is 0.357. The SMILES string of the molecule is CNC(C)(C#N)CCCN1CCC(C(C)(C)C)CC1. The molecule has 1 rings (SSSR count). The molecule has 1 atom stereocenters. The molecular weight excluding hydrogens is 234 g/mol. The van der Waals surface area contributed by atoms with E-state index in [1.165, 1.54) is 25.9 Å². The van der Waals surface area contributed by atoms with Crippen LogP contribution in [0.5, 0.6) is 0 Å². The van der Waals surface area contributed by atoms with Gasteiger partial charge in [-0.15, -0.1) is 0 Å². The van der Waals surface area contributed by atoms with E-state index in [-0.39, 0.29) is 5.54 Å². The third-order valence-electron chi connectivity index (χ3n) is 4.76. The van der Waals surface area contributed by atoms with Gasteiger partial charge in [0.25, 0.3) is 0 Å². The van der Waals surface area contributed by atoms with Crippen molar-refractivity contribution in [2.45, 2.75) is 58.9 Å². The van der Waals surface area contributed by atoms with Gasteiger partial charge in [-0.3, -0.25) is 0 Å². The van der Waals surface area contributed by atoms with Crippen molar-refractivity contribution in [3.8, 4) is 6.07 Å². The second-order valence-electron chi connectivity index (χ2n) is 7.28. The van der Waals surface area contributed by atoms with Gasteiger partial charge in [-0.1, -0.05) is 20.8 Å². The predicted molar refractivity (Wildman–Crippen MR) is 80.9 cm³/mol. The van der Waals surface area contributed by atoms with Crippen LogP contribution in [0.2, 0.25) is 0 Å². The van der Waals surface area contributed by atoms with Crippen LogP contribution in [0.25, 0.3) is 0 Å². The molecule has 1 unspecified atom stereocenters. The van der Waals surface area contributed by atoms with Gasteiger partial charge in [0.1, 0.15) is 5.54 Å². The Morgan fingerprint density at radius 2 is 1.79 bits per heavy atom. The van der Waals surface area contributed by atoms with Gasteiger partial charge in [0.2, 0.25) is 0 Å². The van der Waals surface area contributed by atoms with Crippen LogP contribution in [-0.2, 0) is 0 Å². The topological polar surface area (TPSA) is 39.1 Å². The Balaban J connectivity index is 2.26. The van der Waals surface area contributed by atoms with Gasteiger partial charge in [-0.2, -0.15) is 5.26 Å². The van der Waals surface area contributed by atoms with Gasteiger partial charge >= 0.3 is 0 Å². The predicted octanol–water partition coefficient (Wildman–Crippen LogP) is 3.03. The highest BCUT2D eigenvalue weighted by Gasteiger charge is 2.28. The van der Waals surface area contributed by atoms with E-state index in [0.29, 0.717) is 5.41 Å². The van der Waals surface area contributed by atoms with Crippen LogP contribution in [0.1, 0.15) is 53.4 Å². The van der Waals surface area contributed by atoms with E-state index in [2.05, 4.69) is 37.1 Å². The summed E-state index contributed by atoms with van der Waals surface area (Å²) in [5.41, 5.74) is 0.0985. The van der Waals surface area contributed by atoms with E-state index in [1.807, 2.05) is 14.0 Å². The number of piperidine rings is 1. The van der Waals surface area contributed by atoms with Gasteiger partial charge in [-0.25, -0.2) is 0 Å². The molecule has 0 saturated carbocycles. The van der Waals surface area contributed by atoms with Gasteiger partial charge in [0.15, 0.2) is 0 Å². The molecule has 1 heterocycles. The number of nitrogens with one attached hydrogen (secondary N) is 1. The van der Waals surface area contributed by atoms with Crippen molar-refractivity contribution in [2.24, 2.45) is 11.3 Å². The van der Waals surface area contributed by atoms with Gasteiger partial charge in [0.05, 0.1) is 6.07 Å². The fourth-order valence-electron chi connectivity index (χ4n) is 2.92. The number of rotatable bonds is 5. The number of nitriles is 1. The van der Waals surface area contributed by atoms with Crippen molar-refractivity contribution in [2.75, 3.05) is 26.7 Å². The van der Waals surface area contributed by atoms with Crippen LogP contribution in [0.3, 0.4) is 0 Å². The van der Waals surface area contributed by atoms with E-state index < -0.39 is 0 Å². The van der Waals surface area contributed by atoms with Crippen LogP contribution in [0.15, 0.2) is 0 Å². The first kappa shape index (κ1) is 16.5. The molecule has 0 radical (unpaired) electrons. The number of nitrogens with zero attached hydrogens (tertiary/aromatic N) is 2. The van der Waals surface area contributed by atoms with Crippen molar-refractivity contribution in [1.82, 2.24) is 10.2 Å². The van der Waals surface area contributed by atoms with Crippen molar-refractivity contribution in [3.63, 3.8) is 0 Å². The lowest BCUT2D eigenvalue weighted by atomic mass is 9.75. The Labute approximate surface area is 119 Å². The van der Waals surface area contributed by atoms with E-state index in [9.17, 15) is 0 Å². The molecule has 19 heavy (non-hydrogen) atoms. The molecule has 0 aromatic rings. The molecular formula is C16H31N3. The quantitative estimate of drug-likeness (QED) is 0.830. The highest BCUT2D eigenvalue weighted by atomic mass is 15.1. The molecule has 0 aliphatic carbocycles. The summed E-state index contributed by atoms with van der Waals surface area (Å²) in [4.78, 5) is 2.57. The first-order chi connectivity index (χ1) is 8.80.